The van der Waals surface area contributed by atoms with Gasteiger partial charge in [0.15, 0.2) is 11.6 Å². The Morgan fingerprint density at radius 2 is 1.06 bits per heavy atom. The minimum absolute atomic E-state index is 0.199. The molecule has 70 heavy (non-hydrogen) atoms. The lowest BCUT2D eigenvalue weighted by atomic mass is 9.92. The average Bonchev–Trinajstić information content (AvgIpc) is 4.18. The van der Waals surface area contributed by atoms with Gasteiger partial charge in [0.1, 0.15) is 11.3 Å². The van der Waals surface area contributed by atoms with E-state index in [4.69, 9.17) is 19.9 Å². The van der Waals surface area contributed by atoms with Crippen LogP contribution in [-0.2, 0) is 0 Å². The Kier molecular flexibility index (Phi) is 11.0. The molecule has 0 saturated heterocycles. The van der Waals surface area contributed by atoms with Crippen LogP contribution in [0.2, 0.25) is 0 Å². The van der Waals surface area contributed by atoms with Gasteiger partial charge in [0.05, 0.1) is 22.5 Å². The monoisotopic (exact) mass is 911 g/mol. The van der Waals surface area contributed by atoms with Crippen LogP contribution in [-0.4, -0.2) is 41.0 Å². The number of aromatic amines is 2. The van der Waals surface area contributed by atoms with Gasteiger partial charge in [-0.3, -0.25) is 0 Å². The fourth-order valence-electron chi connectivity index (χ4n) is 10.2. The molecule has 0 saturated carbocycles. The van der Waals surface area contributed by atoms with Gasteiger partial charge >= 0.3 is 5.97 Å². The fraction of sp³-hybridized carbons (Fsp3) is 0.0984. The summed E-state index contributed by atoms with van der Waals surface area (Å²) < 4.78 is 0. The molecule has 9 heteroatoms. The van der Waals surface area contributed by atoms with Crippen LogP contribution in [0.5, 0.6) is 0 Å². The largest absolute Gasteiger partial charge is 0.478 e. The number of fused-ring (bicyclic) bond motifs is 8. The number of aryl methyl sites for hydroxylation is 6. The number of hydrogen-bond donors (Lipinski definition) is 3. The predicted octanol–water partition coefficient (Wildman–Crippen LogP) is 14.9. The summed E-state index contributed by atoms with van der Waals surface area (Å²) >= 11 is 0. The van der Waals surface area contributed by atoms with Crippen molar-refractivity contribution in [2.45, 2.75) is 41.5 Å². The smallest absolute Gasteiger partial charge is 0.335 e. The number of carboxylic acid groups (broad SMARTS) is 1. The van der Waals surface area contributed by atoms with Gasteiger partial charge in [0.25, 0.3) is 0 Å². The van der Waals surface area contributed by atoms with Crippen LogP contribution < -0.4 is 4.90 Å². The second kappa shape index (κ2) is 17.6. The standard InChI is InChI=1S/C61H49N7O2/c1-35-29-37(3)55(38(4)30-35)57-49-25-27-53(62-49)66-59-47(41-17-19-43(20-18-41)61(69)70)33-51(64-59)58(56-39(5)31-36(2)32-40(56)6)52-34-48(60(65-52)67-54-28-26-50(57)63-54)42-21-23-46(24-22-42)68(44-13-9-7-10-14-44)45-15-11-8-12-16-45/h7-34H,1-6H3,(H,69,70)(H,62,64,66)(H,63,65,67). The Balaban J connectivity index is 1.23. The van der Waals surface area contributed by atoms with Gasteiger partial charge in [-0.05, 0) is 171 Å². The minimum Gasteiger partial charge on any atom is -0.478 e. The molecule has 3 N–H and O–H groups in total. The molecule has 0 unspecified atom stereocenters. The lowest BCUT2D eigenvalue weighted by Gasteiger charge is -2.25. The third-order valence-corrected chi connectivity index (χ3v) is 13.1. The molecule has 0 atom stereocenters. The van der Waals surface area contributed by atoms with Gasteiger partial charge in [-0.25, -0.2) is 24.7 Å². The zero-order valence-electron chi connectivity index (χ0n) is 39.8. The first-order chi connectivity index (χ1) is 33.9. The molecule has 8 bridgehead atoms. The summed E-state index contributed by atoms with van der Waals surface area (Å²) in [6, 6.07) is 51.3. The highest BCUT2D eigenvalue weighted by Gasteiger charge is 2.24. The first-order valence-corrected chi connectivity index (χ1v) is 23.4. The predicted molar refractivity (Wildman–Crippen MR) is 285 cm³/mol. The van der Waals surface area contributed by atoms with Crippen LogP contribution >= 0.6 is 0 Å². The molecule has 9 aromatic rings. The number of nitrogens with one attached hydrogen (secondary N) is 2. The van der Waals surface area contributed by atoms with Crippen LogP contribution in [0.25, 0.3) is 79.5 Å². The molecule has 11 rings (SSSR count). The van der Waals surface area contributed by atoms with E-state index in [0.29, 0.717) is 28.6 Å². The Labute approximate surface area is 406 Å². The van der Waals surface area contributed by atoms with Crippen molar-refractivity contribution in [1.29, 1.82) is 0 Å². The Hall–Kier alpha value is -8.95. The minimum atomic E-state index is -0.990. The van der Waals surface area contributed by atoms with E-state index in [2.05, 4.69) is 166 Å². The third-order valence-electron chi connectivity index (χ3n) is 13.1. The molecule has 9 nitrogen and oxygen atoms in total. The number of benzene rings is 6. The van der Waals surface area contributed by atoms with Crippen LogP contribution in [0.15, 0.2) is 152 Å². The lowest BCUT2D eigenvalue weighted by molar-refractivity contribution is 0.0697. The molecule has 2 aliphatic heterocycles. The maximum Gasteiger partial charge on any atom is 0.335 e. The van der Waals surface area contributed by atoms with E-state index in [1.807, 2.05) is 48.6 Å². The summed E-state index contributed by atoms with van der Waals surface area (Å²) in [7, 11) is 0. The molecule has 5 heterocycles. The molecule has 0 aliphatic carbocycles. The van der Waals surface area contributed by atoms with Crippen molar-refractivity contribution in [2.75, 3.05) is 4.90 Å². The Morgan fingerprint density at radius 1 is 0.500 bits per heavy atom. The van der Waals surface area contributed by atoms with Crippen LogP contribution in [0.3, 0.4) is 0 Å². The van der Waals surface area contributed by atoms with Gasteiger partial charge in [-0.2, -0.15) is 0 Å². The van der Waals surface area contributed by atoms with E-state index < -0.39 is 5.97 Å². The van der Waals surface area contributed by atoms with Crippen LogP contribution in [0.1, 0.15) is 72.3 Å². The van der Waals surface area contributed by atoms with Crippen molar-refractivity contribution in [2.24, 2.45) is 0 Å². The highest BCUT2D eigenvalue weighted by Crippen LogP contribution is 2.42. The van der Waals surface area contributed by atoms with E-state index in [1.165, 1.54) is 5.56 Å². The number of carboxylic acids is 1. The van der Waals surface area contributed by atoms with Gasteiger partial charge in [-0.1, -0.05) is 96.1 Å². The molecule has 0 spiro atoms. The average molecular weight is 912 g/mol. The number of carbonyl (C=O) groups is 1. The Morgan fingerprint density at radius 3 is 1.64 bits per heavy atom. The van der Waals surface area contributed by atoms with Crippen LogP contribution in [0, 0.1) is 41.5 Å². The van der Waals surface area contributed by atoms with Crippen molar-refractivity contribution in [3.8, 4) is 33.4 Å². The molecule has 0 fully saturated rings. The first-order valence-electron chi connectivity index (χ1n) is 23.4. The van der Waals surface area contributed by atoms with Gasteiger partial charge in [0.2, 0.25) is 0 Å². The summed E-state index contributed by atoms with van der Waals surface area (Å²) in [5.74, 6) is 0.0646. The van der Waals surface area contributed by atoms with E-state index in [0.717, 1.165) is 106 Å². The van der Waals surface area contributed by atoms with Gasteiger partial charge in [-0.15, -0.1) is 0 Å². The highest BCUT2D eigenvalue weighted by atomic mass is 16.4. The van der Waals surface area contributed by atoms with Crippen molar-refractivity contribution < 1.29 is 9.90 Å². The van der Waals surface area contributed by atoms with Gasteiger partial charge < -0.3 is 20.0 Å². The molecular weight excluding hydrogens is 863 g/mol. The lowest BCUT2D eigenvalue weighted by Crippen LogP contribution is -2.09. The number of aromatic carboxylic acids is 1. The summed E-state index contributed by atoms with van der Waals surface area (Å²) in [6.07, 6.45) is 6.10. The molecule has 2 aliphatic rings. The molecule has 0 radical (unpaired) electrons. The van der Waals surface area contributed by atoms with Crippen molar-refractivity contribution >= 4 is 69.2 Å². The second-order valence-corrected chi connectivity index (χ2v) is 18.2. The molecular formula is C61H49N7O2. The summed E-state index contributed by atoms with van der Waals surface area (Å²) in [4.78, 5) is 43.0. The third kappa shape index (κ3) is 8.07. The highest BCUT2D eigenvalue weighted by molar-refractivity contribution is 6.01. The number of rotatable bonds is 8. The van der Waals surface area contributed by atoms with Gasteiger partial charge in [0, 0.05) is 44.8 Å². The SMILES string of the molecule is Cc1cc(C)c(-c2c3nc(nc4[nH]c(cc4-c4ccc(N(c5ccccc5)c5ccccc5)cc4)c(-c4c(C)cc(C)cc4C)c4nc(nc5ccc2[nH]5)C(c2ccc(C(=O)O)cc2)=C4)C=C3)c(C)c1. The maximum absolute atomic E-state index is 12.0. The number of anilines is 3. The van der Waals surface area contributed by atoms with Crippen molar-refractivity contribution in [1.82, 2.24) is 29.9 Å². The second-order valence-electron chi connectivity index (χ2n) is 18.2. The number of nitrogens with zero attached hydrogens (tertiary/aromatic N) is 5. The number of hydrogen-bond acceptors (Lipinski definition) is 6. The summed E-state index contributed by atoms with van der Waals surface area (Å²) in [5, 5.41) is 9.83. The van der Waals surface area contributed by atoms with Crippen LogP contribution in [0.4, 0.5) is 17.1 Å². The van der Waals surface area contributed by atoms with E-state index in [-0.39, 0.29) is 5.56 Å². The van der Waals surface area contributed by atoms with E-state index in [1.54, 1.807) is 12.1 Å². The quantitative estimate of drug-likeness (QED) is 0.139. The zero-order valence-corrected chi connectivity index (χ0v) is 39.8. The topological polar surface area (TPSA) is 124 Å². The van der Waals surface area contributed by atoms with E-state index in [9.17, 15) is 9.90 Å². The molecule has 0 amide bonds. The molecule has 3 aromatic heterocycles. The van der Waals surface area contributed by atoms with E-state index >= 15 is 0 Å². The molecule has 6 aromatic carbocycles. The summed E-state index contributed by atoms with van der Waals surface area (Å²) in [6.45, 7) is 12.8. The fourth-order valence-corrected chi connectivity index (χ4v) is 10.2. The summed E-state index contributed by atoms with van der Waals surface area (Å²) in [5.41, 5.74) is 21.9. The normalized spacial score (nSPS) is 12.0. The zero-order chi connectivity index (χ0) is 48.2. The number of H-pyrrole nitrogens is 2. The molecule has 340 valence electrons. The Bertz CT molecular complexity index is 3710. The first kappa shape index (κ1) is 43.6. The number of para-hydroxylation sites is 2. The van der Waals surface area contributed by atoms with Crippen molar-refractivity contribution in [3.63, 3.8) is 0 Å². The number of aromatic nitrogens is 6. The van der Waals surface area contributed by atoms with Crippen molar-refractivity contribution in [3.05, 3.63) is 219 Å². The maximum atomic E-state index is 12.0.